The molecular formula is C10H6ClN3O. The summed E-state index contributed by atoms with van der Waals surface area (Å²) >= 11 is 5.90. The summed E-state index contributed by atoms with van der Waals surface area (Å²) in [6, 6.07) is 5.31. The molecule has 0 atom stereocenters. The smallest absolute Gasteiger partial charge is 0.292 e. The fourth-order valence-electron chi connectivity index (χ4n) is 1.65. The molecule has 0 aliphatic rings. The lowest BCUT2D eigenvalue weighted by atomic mass is 10.3. The van der Waals surface area contributed by atoms with Gasteiger partial charge in [-0.05, 0) is 18.2 Å². The van der Waals surface area contributed by atoms with E-state index >= 15 is 0 Å². The van der Waals surface area contributed by atoms with Crippen molar-refractivity contribution >= 4 is 28.3 Å². The van der Waals surface area contributed by atoms with Gasteiger partial charge in [-0.15, -0.1) is 0 Å². The minimum absolute atomic E-state index is 0.199. The van der Waals surface area contributed by atoms with Crippen LogP contribution in [0.15, 0.2) is 35.4 Å². The first-order valence-electron chi connectivity index (χ1n) is 4.40. The Hall–Kier alpha value is -1.81. The topological polar surface area (TPSA) is 50.2 Å². The quantitative estimate of drug-likeness (QED) is 0.627. The van der Waals surface area contributed by atoms with Gasteiger partial charge in [0.25, 0.3) is 5.56 Å². The molecule has 3 aromatic rings. The summed E-state index contributed by atoms with van der Waals surface area (Å²) in [5.74, 6) is 0. The number of fused-ring (bicyclic) bond motifs is 3. The zero-order valence-corrected chi connectivity index (χ0v) is 8.32. The van der Waals surface area contributed by atoms with Crippen LogP contribution in [0, 0.1) is 0 Å². The van der Waals surface area contributed by atoms with Crippen molar-refractivity contribution in [3.05, 3.63) is 46.0 Å². The van der Waals surface area contributed by atoms with Crippen LogP contribution in [0.25, 0.3) is 16.7 Å². The van der Waals surface area contributed by atoms with Crippen LogP contribution in [0.1, 0.15) is 0 Å². The molecule has 0 fully saturated rings. The van der Waals surface area contributed by atoms with Gasteiger partial charge in [-0.3, -0.25) is 9.20 Å². The number of nitrogens with one attached hydrogen (secondary N) is 1. The Labute approximate surface area is 89.1 Å². The molecule has 0 saturated carbocycles. The highest BCUT2D eigenvalue weighted by molar-refractivity contribution is 6.31. The molecule has 4 nitrogen and oxygen atoms in total. The fourth-order valence-corrected chi connectivity index (χ4v) is 1.82. The van der Waals surface area contributed by atoms with E-state index in [9.17, 15) is 4.79 Å². The number of benzene rings is 1. The average Bonchev–Trinajstić information content (AvgIpc) is 2.69. The normalized spacial score (nSPS) is 11.3. The van der Waals surface area contributed by atoms with Gasteiger partial charge in [0.2, 0.25) is 5.65 Å². The second-order valence-corrected chi connectivity index (χ2v) is 3.67. The first kappa shape index (κ1) is 8.49. The Morgan fingerprint density at radius 2 is 2.27 bits per heavy atom. The van der Waals surface area contributed by atoms with Gasteiger partial charge in [-0.25, -0.2) is 4.98 Å². The van der Waals surface area contributed by atoms with E-state index in [0.717, 1.165) is 11.0 Å². The van der Waals surface area contributed by atoms with E-state index in [1.807, 2.05) is 0 Å². The third-order valence-corrected chi connectivity index (χ3v) is 2.55. The summed E-state index contributed by atoms with van der Waals surface area (Å²) in [4.78, 5) is 18.3. The highest BCUT2D eigenvalue weighted by Crippen LogP contribution is 2.16. The lowest BCUT2D eigenvalue weighted by Gasteiger charge is -2.01. The SMILES string of the molecule is O=c1[nH]c2ccc(Cl)cc2n2ccnc12. The molecule has 0 amide bonds. The van der Waals surface area contributed by atoms with Crippen LogP contribution in [0.5, 0.6) is 0 Å². The summed E-state index contributed by atoms with van der Waals surface area (Å²) in [6.45, 7) is 0. The minimum Gasteiger partial charge on any atom is -0.317 e. The van der Waals surface area contributed by atoms with Crippen LogP contribution < -0.4 is 5.56 Å². The molecule has 2 heterocycles. The van der Waals surface area contributed by atoms with E-state index in [2.05, 4.69) is 9.97 Å². The van der Waals surface area contributed by atoms with Gasteiger partial charge in [0, 0.05) is 17.4 Å². The second kappa shape index (κ2) is 2.84. The van der Waals surface area contributed by atoms with Crippen molar-refractivity contribution in [3.8, 4) is 0 Å². The molecule has 74 valence electrons. The van der Waals surface area contributed by atoms with Crippen molar-refractivity contribution in [1.29, 1.82) is 0 Å². The molecule has 0 unspecified atom stereocenters. The van der Waals surface area contributed by atoms with Gasteiger partial charge in [-0.1, -0.05) is 11.6 Å². The van der Waals surface area contributed by atoms with Crippen LogP contribution in [-0.4, -0.2) is 14.4 Å². The molecule has 0 aliphatic carbocycles. The fraction of sp³-hybridized carbons (Fsp3) is 0. The van der Waals surface area contributed by atoms with Gasteiger partial charge in [-0.2, -0.15) is 0 Å². The largest absolute Gasteiger partial charge is 0.317 e. The van der Waals surface area contributed by atoms with E-state index in [4.69, 9.17) is 11.6 Å². The van der Waals surface area contributed by atoms with Crippen molar-refractivity contribution in [2.24, 2.45) is 0 Å². The van der Waals surface area contributed by atoms with Crippen LogP contribution in [0.2, 0.25) is 5.02 Å². The maximum Gasteiger partial charge on any atom is 0.292 e. The summed E-state index contributed by atoms with van der Waals surface area (Å²) < 4.78 is 1.72. The third kappa shape index (κ3) is 1.15. The molecule has 0 bridgehead atoms. The van der Waals surface area contributed by atoms with E-state index in [0.29, 0.717) is 10.7 Å². The number of nitrogens with zero attached hydrogens (tertiary/aromatic N) is 2. The molecule has 15 heavy (non-hydrogen) atoms. The summed E-state index contributed by atoms with van der Waals surface area (Å²) in [7, 11) is 0. The maximum atomic E-state index is 11.6. The van der Waals surface area contributed by atoms with Gasteiger partial charge >= 0.3 is 0 Å². The molecule has 1 aromatic carbocycles. The predicted molar refractivity (Wildman–Crippen MR) is 58.3 cm³/mol. The lowest BCUT2D eigenvalue weighted by molar-refractivity contribution is 1.17. The zero-order valence-electron chi connectivity index (χ0n) is 7.57. The first-order chi connectivity index (χ1) is 7.25. The monoisotopic (exact) mass is 219 g/mol. The van der Waals surface area contributed by atoms with Gasteiger partial charge in [0.1, 0.15) is 0 Å². The molecular weight excluding hydrogens is 214 g/mol. The van der Waals surface area contributed by atoms with E-state index in [1.165, 1.54) is 0 Å². The van der Waals surface area contributed by atoms with Crippen LogP contribution >= 0.6 is 11.6 Å². The minimum atomic E-state index is -0.199. The molecule has 0 saturated heterocycles. The highest BCUT2D eigenvalue weighted by atomic mass is 35.5. The van der Waals surface area contributed by atoms with Crippen LogP contribution in [-0.2, 0) is 0 Å². The number of aromatic amines is 1. The Bertz CT molecular complexity index is 713. The lowest BCUT2D eigenvalue weighted by Crippen LogP contribution is -2.10. The molecule has 1 N–H and O–H groups in total. The van der Waals surface area contributed by atoms with E-state index in [-0.39, 0.29) is 5.56 Å². The number of H-pyrrole nitrogens is 1. The predicted octanol–water partition coefficient (Wildman–Crippen LogP) is 1.83. The van der Waals surface area contributed by atoms with Crippen LogP contribution in [0.4, 0.5) is 0 Å². The maximum absolute atomic E-state index is 11.6. The molecule has 0 aliphatic heterocycles. The third-order valence-electron chi connectivity index (χ3n) is 2.31. The summed E-state index contributed by atoms with van der Waals surface area (Å²) in [6.07, 6.45) is 3.33. The zero-order chi connectivity index (χ0) is 10.4. The average molecular weight is 220 g/mol. The molecule has 5 heteroatoms. The standard InChI is InChI=1S/C10H6ClN3O/c11-6-1-2-7-8(5-6)14-4-3-12-9(14)10(15)13-7/h1-5H,(H,13,15). The number of halogens is 1. The van der Waals surface area contributed by atoms with E-state index < -0.39 is 0 Å². The van der Waals surface area contributed by atoms with Crippen molar-refractivity contribution in [2.75, 3.05) is 0 Å². The van der Waals surface area contributed by atoms with Gasteiger partial charge in [0.15, 0.2) is 0 Å². The van der Waals surface area contributed by atoms with Crippen molar-refractivity contribution in [3.63, 3.8) is 0 Å². The Balaban J connectivity index is 2.67. The number of rotatable bonds is 0. The first-order valence-corrected chi connectivity index (χ1v) is 4.78. The Morgan fingerprint density at radius 3 is 3.13 bits per heavy atom. The van der Waals surface area contributed by atoms with Crippen molar-refractivity contribution in [1.82, 2.24) is 14.4 Å². The van der Waals surface area contributed by atoms with Crippen LogP contribution in [0.3, 0.4) is 0 Å². The molecule has 3 rings (SSSR count). The van der Waals surface area contributed by atoms with Crippen molar-refractivity contribution < 1.29 is 0 Å². The van der Waals surface area contributed by atoms with Crippen molar-refractivity contribution in [2.45, 2.75) is 0 Å². The highest BCUT2D eigenvalue weighted by Gasteiger charge is 2.05. The number of aromatic nitrogens is 3. The van der Waals surface area contributed by atoms with E-state index in [1.54, 1.807) is 35.0 Å². The molecule has 0 radical (unpaired) electrons. The Morgan fingerprint density at radius 1 is 1.40 bits per heavy atom. The Kier molecular flexibility index (Phi) is 1.61. The second-order valence-electron chi connectivity index (χ2n) is 3.24. The number of imidazole rings is 1. The number of hydrogen-bond acceptors (Lipinski definition) is 2. The number of hydrogen-bond donors (Lipinski definition) is 1. The molecule has 0 spiro atoms. The molecule has 2 aromatic heterocycles. The van der Waals surface area contributed by atoms with Gasteiger partial charge in [0.05, 0.1) is 11.0 Å². The summed E-state index contributed by atoms with van der Waals surface area (Å²) in [5.41, 5.74) is 1.77. The summed E-state index contributed by atoms with van der Waals surface area (Å²) in [5, 5.41) is 0.629. The van der Waals surface area contributed by atoms with Gasteiger partial charge < -0.3 is 4.98 Å².